The van der Waals surface area contributed by atoms with E-state index in [4.69, 9.17) is 10.5 Å². The van der Waals surface area contributed by atoms with E-state index in [9.17, 15) is 0 Å². The summed E-state index contributed by atoms with van der Waals surface area (Å²) in [5, 5.41) is 0. The van der Waals surface area contributed by atoms with Crippen LogP contribution in [0.3, 0.4) is 0 Å². The fraction of sp³-hybridized carbons (Fsp3) is 0.933. The Bertz CT molecular complexity index is 312. The molecule has 118 valence electrons. The van der Waals surface area contributed by atoms with Crippen LogP contribution in [-0.4, -0.2) is 43.7 Å². The summed E-state index contributed by atoms with van der Waals surface area (Å²) in [6.45, 7) is 4.61. The highest BCUT2D eigenvalue weighted by Crippen LogP contribution is 2.41. The first-order chi connectivity index (χ1) is 9.17. The molecule has 0 spiro atoms. The lowest BCUT2D eigenvalue weighted by molar-refractivity contribution is 0.107. The molecule has 0 aliphatic heterocycles. The van der Waals surface area contributed by atoms with Gasteiger partial charge in [-0.05, 0) is 44.4 Å². The van der Waals surface area contributed by atoms with E-state index in [2.05, 4.69) is 23.9 Å². The standard InChI is InChI=1S/C15H29N3O.HI/c1-3-19-11-10-15(8-4-5-9-15)12-17-14(16)18(2)13-6-7-13;/h13H,3-12H2,1-2H3,(H2,16,17);1H. The number of rotatable bonds is 7. The van der Waals surface area contributed by atoms with Crippen molar-refractivity contribution >= 4 is 29.9 Å². The number of nitrogens with zero attached hydrogens (tertiary/aromatic N) is 2. The fourth-order valence-electron chi connectivity index (χ4n) is 3.05. The SMILES string of the molecule is CCOCCC1(CN=C(N)N(C)C2CC2)CCCC1.I. The predicted octanol–water partition coefficient (Wildman–Crippen LogP) is 3.00. The van der Waals surface area contributed by atoms with Gasteiger partial charge < -0.3 is 15.4 Å². The second kappa shape index (κ2) is 8.41. The van der Waals surface area contributed by atoms with E-state index in [1.807, 2.05) is 0 Å². The van der Waals surface area contributed by atoms with E-state index in [0.29, 0.717) is 11.5 Å². The Morgan fingerprint density at radius 2 is 2.00 bits per heavy atom. The van der Waals surface area contributed by atoms with Crippen molar-refractivity contribution in [3.05, 3.63) is 0 Å². The molecule has 0 atom stereocenters. The minimum Gasteiger partial charge on any atom is -0.382 e. The van der Waals surface area contributed by atoms with E-state index in [1.165, 1.54) is 38.5 Å². The van der Waals surface area contributed by atoms with Gasteiger partial charge in [-0.2, -0.15) is 0 Å². The highest BCUT2D eigenvalue weighted by Gasteiger charge is 2.34. The van der Waals surface area contributed by atoms with Crippen LogP contribution in [0.15, 0.2) is 4.99 Å². The average molecular weight is 395 g/mol. The van der Waals surface area contributed by atoms with Gasteiger partial charge in [0.15, 0.2) is 5.96 Å². The molecule has 0 amide bonds. The third-order valence-corrected chi connectivity index (χ3v) is 4.68. The van der Waals surface area contributed by atoms with Crippen LogP contribution < -0.4 is 5.73 Å². The second-order valence-corrected chi connectivity index (χ2v) is 6.17. The van der Waals surface area contributed by atoms with Crippen molar-refractivity contribution in [3.8, 4) is 0 Å². The molecule has 0 heterocycles. The number of nitrogens with two attached hydrogens (primary N) is 1. The van der Waals surface area contributed by atoms with E-state index in [1.54, 1.807) is 0 Å². The van der Waals surface area contributed by atoms with Crippen LogP contribution in [-0.2, 0) is 4.74 Å². The third-order valence-electron chi connectivity index (χ3n) is 4.68. The first-order valence-corrected chi connectivity index (χ1v) is 7.77. The topological polar surface area (TPSA) is 50.9 Å². The number of halogens is 1. The lowest BCUT2D eigenvalue weighted by atomic mass is 9.83. The van der Waals surface area contributed by atoms with Gasteiger partial charge >= 0.3 is 0 Å². The van der Waals surface area contributed by atoms with Gasteiger partial charge in [0.2, 0.25) is 0 Å². The maximum atomic E-state index is 6.09. The molecule has 0 unspecified atom stereocenters. The molecule has 2 saturated carbocycles. The Kier molecular flexibility index (Phi) is 7.58. The molecule has 4 nitrogen and oxygen atoms in total. The van der Waals surface area contributed by atoms with Crippen molar-refractivity contribution in [2.75, 3.05) is 26.8 Å². The van der Waals surface area contributed by atoms with Gasteiger partial charge in [0, 0.05) is 32.8 Å². The molecule has 2 aliphatic rings. The molecule has 2 N–H and O–H groups in total. The van der Waals surface area contributed by atoms with Crippen molar-refractivity contribution in [3.63, 3.8) is 0 Å². The summed E-state index contributed by atoms with van der Waals surface area (Å²) in [6, 6.07) is 0.645. The van der Waals surface area contributed by atoms with Gasteiger partial charge in [0.1, 0.15) is 0 Å². The maximum absolute atomic E-state index is 6.09. The Morgan fingerprint density at radius 3 is 2.55 bits per heavy atom. The summed E-state index contributed by atoms with van der Waals surface area (Å²) >= 11 is 0. The summed E-state index contributed by atoms with van der Waals surface area (Å²) in [6.07, 6.45) is 8.89. The molecule has 0 saturated heterocycles. The lowest BCUT2D eigenvalue weighted by Crippen LogP contribution is -2.37. The molecule has 0 bridgehead atoms. The zero-order valence-corrected chi connectivity index (χ0v) is 15.3. The normalized spacial score (nSPS) is 21.6. The van der Waals surface area contributed by atoms with Crippen LogP contribution in [0.2, 0.25) is 0 Å². The maximum Gasteiger partial charge on any atom is 0.191 e. The molecule has 0 aromatic heterocycles. The van der Waals surface area contributed by atoms with E-state index in [0.717, 1.165) is 32.1 Å². The highest BCUT2D eigenvalue weighted by molar-refractivity contribution is 14.0. The van der Waals surface area contributed by atoms with Crippen LogP contribution in [0.1, 0.15) is 51.9 Å². The summed E-state index contributed by atoms with van der Waals surface area (Å²) < 4.78 is 5.53. The minimum atomic E-state index is 0. The lowest BCUT2D eigenvalue weighted by Gasteiger charge is -2.28. The van der Waals surface area contributed by atoms with Gasteiger partial charge in [-0.3, -0.25) is 4.99 Å². The van der Waals surface area contributed by atoms with Crippen LogP contribution in [0.25, 0.3) is 0 Å². The fourth-order valence-corrected chi connectivity index (χ4v) is 3.05. The summed E-state index contributed by atoms with van der Waals surface area (Å²) in [4.78, 5) is 6.83. The van der Waals surface area contributed by atoms with E-state index in [-0.39, 0.29) is 24.0 Å². The number of hydrogen-bond acceptors (Lipinski definition) is 2. The summed E-state index contributed by atoms with van der Waals surface area (Å²) in [5.41, 5.74) is 6.45. The number of guanidine groups is 1. The van der Waals surface area contributed by atoms with Crippen molar-refractivity contribution in [1.82, 2.24) is 4.90 Å². The molecule has 0 aromatic carbocycles. The second-order valence-electron chi connectivity index (χ2n) is 6.17. The van der Waals surface area contributed by atoms with Crippen LogP contribution >= 0.6 is 24.0 Å². The zero-order valence-electron chi connectivity index (χ0n) is 12.9. The van der Waals surface area contributed by atoms with E-state index >= 15 is 0 Å². The minimum absolute atomic E-state index is 0. The summed E-state index contributed by atoms with van der Waals surface area (Å²) in [5.74, 6) is 0.727. The van der Waals surface area contributed by atoms with Gasteiger partial charge in [-0.25, -0.2) is 0 Å². The number of hydrogen-bond donors (Lipinski definition) is 1. The van der Waals surface area contributed by atoms with Crippen molar-refractivity contribution < 1.29 is 4.74 Å². The first-order valence-electron chi connectivity index (χ1n) is 7.77. The molecule has 0 radical (unpaired) electrons. The molecular formula is C15H30IN3O. The van der Waals surface area contributed by atoms with Gasteiger partial charge in [0.05, 0.1) is 0 Å². The first kappa shape index (κ1) is 18.0. The largest absolute Gasteiger partial charge is 0.382 e. The Labute approximate surface area is 140 Å². The Hall–Kier alpha value is -0.0400. The molecule has 2 fully saturated rings. The molecular weight excluding hydrogens is 365 g/mol. The zero-order chi connectivity index (χ0) is 13.7. The van der Waals surface area contributed by atoms with Crippen molar-refractivity contribution in [1.29, 1.82) is 0 Å². The quantitative estimate of drug-likeness (QED) is 0.312. The predicted molar refractivity (Wildman–Crippen MR) is 94.7 cm³/mol. The van der Waals surface area contributed by atoms with E-state index < -0.39 is 0 Å². The molecule has 2 rings (SSSR count). The monoisotopic (exact) mass is 395 g/mol. The Balaban J connectivity index is 0.00000200. The molecule has 0 aromatic rings. The Morgan fingerprint density at radius 1 is 1.35 bits per heavy atom. The molecule has 5 heteroatoms. The number of aliphatic imine (C=N–C) groups is 1. The van der Waals surface area contributed by atoms with Gasteiger partial charge in [-0.15, -0.1) is 24.0 Å². The molecule has 2 aliphatic carbocycles. The van der Waals surface area contributed by atoms with Crippen molar-refractivity contribution in [2.24, 2.45) is 16.1 Å². The third kappa shape index (κ3) is 5.06. The van der Waals surface area contributed by atoms with Gasteiger partial charge in [0.25, 0.3) is 0 Å². The highest BCUT2D eigenvalue weighted by atomic mass is 127. The van der Waals surface area contributed by atoms with Crippen LogP contribution in [0, 0.1) is 5.41 Å². The van der Waals surface area contributed by atoms with Crippen LogP contribution in [0.4, 0.5) is 0 Å². The van der Waals surface area contributed by atoms with Gasteiger partial charge in [-0.1, -0.05) is 12.8 Å². The average Bonchev–Trinajstić information content (AvgIpc) is 3.16. The molecule has 20 heavy (non-hydrogen) atoms. The van der Waals surface area contributed by atoms with Crippen molar-refractivity contribution in [2.45, 2.75) is 57.9 Å². The smallest absolute Gasteiger partial charge is 0.191 e. The van der Waals surface area contributed by atoms with Crippen LogP contribution in [0.5, 0.6) is 0 Å². The number of ether oxygens (including phenoxy) is 1. The summed E-state index contributed by atoms with van der Waals surface area (Å²) in [7, 11) is 2.07.